The molecule has 0 atom stereocenters. The van der Waals surface area contributed by atoms with Gasteiger partial charge in [-0.05, 0) is 48.7 Å². The maximum atomic E-state index is 13.1. The fourth-order valence-corrected chi connectivity index (χ4v) is 2.50. The lowest BCUT2D eigenvalue weighted by Crippen LogP contribution is -2.06. The van der Waals surface area contributed by atoms with Gasteiger partial charge in [-0.3, -0.25) is 0 Å². The fourth-order valence-electron chi connectivity index (χ4n) is 2.50. The molecule has 5 heteroatoms. The molecular formula is C18H15FN4. The minimum atomic E-state index is -0.282. The smallest absolute Gasteiger partial charge is 0.186 e. The number of hydrogen-bond donors (Lipinski definition) is 0. The van der Waals surface area contributed by atoms with Crippen LogP contribution in [0.25, 0.3) is 5.69 Å². The second-order valence-electron chi connectivity index (χ2n) is 5.43. The summed E-state index contributed by atoms with van der Waals surface area (Å²) in [5.74, 6) is -0.282. The highest BCUT2D eigenvalue weighted by Crippen LogP contribution is 2.21. The van der Waals surface area contributed by atoms with Crippen LogP contribution in [0.3, 0.4) is 0 Å². The second kappa shape index (κ2) is 6.01. The summed E-state index contributed by atoms with van der Waals surface area (Å²) in [6.07, 6.45) is 0.462. The van der Waals surface area contributed by atoms with Crippen LogP contribution in [0.15, 0.2) is 42.5 Å². The second-order valence-corrected chi connectivity index (χ2v) is 5.43. The highest BCUT2D eigenvalue weighted by Gasteiger charge is 2.16. The van der Waals surface area contributed by atoms with Gasteiger partial charge in [0, 0.05) is 6.42 Å². The molecule has 3 rings (SSSR count). The molecular weight excluding hydrogens is 291 g/mol. The van der Waals surface area contributed by atoms with Crippen molar-refractivity contribution in [2.24, 2.45) is 0 Å². The lowest BCUT2D eigenvalue weighted by Gasteiger charge is -2.11. The first-order valence-electron chi connectivity index (χ1n) is 7.26. The molecule has 1 heterocycles. The number of benzene rings is 2. The summed E-state index contributed by atoms with van der Waals surface area (Å²) >= 11 is 0. The summed E-state index contributed by atoms with van der Waals surface area (Å²) in [6, 6.07) is 14.2. The number of aromatic nitrogens is 3. The zero-order chi connectivity index (χ0) is 16.4. The maximum Gasteiger partial charge on any atom is 0.186 e. The highest BCUT2D eigenvalue weighted by atomic mass is 19.1. The van der Waals surface area contributed by atoms with E-state index in [1.807, 2.05) is 32.0 Å². The number of nitrogens with zero attached hydrogens (tertiary/aromatic N) is 4. The predicted molar refractivity (Wildman–Crippen MR) is 84.8 cm³/mol. The minimum absolute atomic E-state index is 0.282. The maximum absolute atomic E-state index is 13.1. The lowest BCUT2D eigenvalue weighted by molar-refractivity contribution is 0.627. The molecule has 0 bridgehead atoms. The third-order valence-corrected chi connectivity index (χ3v) is 3.96. The van der Waals surface area contributed by atoms with Gasteiger partial charge in [-0.1, -0.05) is 29.5 Å². The Morgan fingerprint density at radius 2 is 1.87 bits per heavy atom. The van der Waals surface area contributed by atoms with Gasteiger partial charge in [-0.25, -0.2) is 9.07 Å². The van der Waals surface area contributed by atoms with Crippen molar-refractivity contribution in [1.82, 2.24) is 15.0 Å². The number of rotatable bonds is 3. The van der Waals surface area contributed by atoms with Crippen molar-refractivity contribution in [3.63, 3.8) is 0 Å². The molecule has 114 valence electrons. The molecule has 0 aliphatic carbocycles. The third-order valence-electron chi connectivity index (χ3n) is 3.96. The Balaban J connectivity index is 2.09. The van der Waals surface area contributed by atoms with Crippen LogP contribution in [0.5, 0.6) is 0 Å². The molecule has 0 spiro atoms. The van der Waals surface area contributed by atoms with Crippen molar-refractivity contribution < 1.29 is 4.39 Å². The van der Waals surface area contributed by atoms with E-state index in [1.165, 1.54) is 12.1 Å². The molecule has 4 nitrogen and oxygen atoms in total. The van der Waals surface area contributed by atoms with Crippen molar-refractivity contribution in [3.8, 4) is 11.8 Å². The SMILES string of the molecule is Cc1cccc(-n2nnc(C#N)c2Cc2ccc(F)cc2)c1C. The van der Waals surface area contributed by atoms with E-state index in [4.69, 9.17) is 0 Å². The van der Waals surface area contributed by atoms with E-state index in [0.717, 1.165) is 22.4 Å². The van der Waals surface area contributed by atoms with Crippen LogP contribution in [-0.4, -0.2) is 15.0 Å². The Morgan fingerprint density at radius 1 is 1.13 bits per heavy atom. The molecule has 0 fully saturated rings. The van der Waals surface area contributed by atoms with E-state index in [2.05, 4.69) is 16.4 Å². The van der Waals surface area contributed by atoms with Crippen LogP contribution in [0.2, 0.25) is 0 Å². The van der Waals surface area contributed by atoms with Crippen LogP contribution >= 0.6 is 0 Å². The zero-order valence-corrected chi connectivity index (χ0v) is 12.9. The first-order valence-corrected chi connectivity index (χ1v) is 7.26. The third kappa shape index (κ3) is 2.84. The van der Waals surface area contributed by atoms with Crippen LogP contribution < -0.4 is 0 Å². The van der Waals surface area contributed by atoms with E-state index in [0.29, 0.717) is 12.1 Å². The van der Waals surface area contributed by atoms with Crippen LogP contribution in [0, 0.1) is 31.0 Å². The molecule has 2 aromatic carbocycles. The van der Waals surface area contributed by atoms with E-state index in [1.54, 1.807) is 16.8 Å². The molecule has 0 radical (unpaired) electrons. The molecule has 3 aromatic rings. The van der Waals surface area contributed by atoms with Crippen LogP contribution in [0.4, 0.5) is 4.39 Å². The monoisotopic (exact) mass is 306 g/mol. The van der Waals surface area contributed by atoms with Crippen molar-refractivity contribution in [2.75, 3.05) is 0 Å². The van der Waals surface area contributed by atoms with E-state index < -0.39 is 0 Å². The van der Waals surface area contributed by atoms with E-state index in [9.17, 15) is 9.65 Å². The predicted octanol–water partition coefficient (Wildman–Crippen LogP) is 3.49. The zero-order valence-electron chi connectivity index (χ0n) is 12.9. The van der Waals surface area contributed by atoms with E-state index >= 15 is 0 Å². The summed E-state index contributed by atoms with van der Waals surface area (Å²) in [5, 5.41) is 17.4. The Labute approximate surface area is 133 Å². The van der Waals surface area contributed by atoms with Crippen molar-refractivity contribution in [2.45, 2.75) is 20.3 Å². The van der Waals surface area contributed by atoms with Crippen LogP contribution in [0.1, 0.15) is 28.1 Å². The molecule has 1 aromatic heterocycles. The van der Waals surface area contributed by atoms with Gasteiger partial charge in [0.1, 0.15) is 11.9 Å². The largest absolute Gasteiger partial charge is 0.216 e. The standard InChI is InChI=1S/C18H15FN4/c1-12-4-3-5-17(13(12)2)23-18(16(11-20)21-22-23)10-14-6-8-15(19)9-7-14/h3-9H,10H2,1-2H3. The Kier molecular flexibility index (Phi) is 3.90. The van der Waals surface area contributed by atoms with Crippen molar-refractivity contribution >= 4 is 0 Å². The molecule has 0 unspecified atom stereocenters. The molecule has 0 saturated heterocycles. The number of aryl methyl sites for hydroxylation is 1. The Hall–Kier alpha value is -3.00. The summed E-state index contributed by atoms with van der Waals surface area (Å²) in [7, 11) is 0. The van der Waals surface area contributed by atoms with Crippen LogP contribution in [-0.2, 0) is 6.42 Å². The van der Waals surface area contributed by atoms with Gasteiger partial charge in [-0.2, -0.15) is 5.26 Å². The number of nitriles is 1. The summed E-state index contributed by atoms with van der Waals surface area (Å²) in [5.41, 5.74) is 5.02. The molecule has 23 heavy (non-hydrogen) atoms. The highest BCUT2D eigenvalue weighted by molar-refractivity contribution is 5.47. The average molecular weight is 306 g/mol. The topological polar surface area (TPSA) is 54.5 Å². The summed E-state index contributed by atoms with van der Waals surface area (Å²) in [4.78, 5) is 0. The van der Waals surface area contributed by atoms with Crippen molar-refractivity contribution in [1.29, 1.82) is 5.26 Å². The van der Waals surface area contributed by atoms with Gasteiger partial charge in [0.05, 0.1) is 11.4 Å². The van der Waals surface area contributed by atoms with Gasteiger partial charge in [-0.15, -0.1) is 5.10 Å². The molecule has 0 aliphatic rings. The van der Waals surface area contributed by atoms with Crippen molar-refractivity contribution in [3.05, 3.63) is 76.4 Å². The molecule has 0 saturated carbocycles. The normalized spacial score (nSPS) is 10.5. The van der Waals surface area contributed by atoms with Gasteiger partial charge in [0.2, 0.25) is 0 Å². The first kappa shape index (κ1) is 14.9. The Morgan fingerprint density at radius 3 is 2.57 bits per heavy atom. The summed E-state index contributed by atoms with van der Waals surface area (Å²) in [6.45, 7) is 4.04. The average Bonchev–Trinajstić information content (AvgIpc) is 2.95. The quantitative estimate of drug-likeness (QED) is 0.744. The van der Waals surface area contributed by atoms with Gasteiger partial charge < -0.3 is 0 Å². The Bertz CT molecular complexity index is 888. The first-order chi connectivity index (χ1) is 11.1. The lowest BCUT2D eigenvalue weighted by atomic mass is 10.1. The van der Waals surface area contributed by atoms with Gasteiger partial charge in [0.15, 0.2) is 5.69 Å². The van der Waals surface area contributed by atoms with E-state index in [-0.39, 0.29) is 11.5 Å². The fraction of sp³-hybridized carbons (Fsp3) is 0.167. The number of halogens is 1. The summed E-state index contributed by atoms with van der Waals surface area (Å²) < 4.78 is 14.8. The molecule has 0 amide bonds. The number of hydrogen-bond acceptors (Lipinski definition) is 3. The van der Waals surface area contributed by atoms with Gasteiger partial charge >= 0.3 is 0 Å². The molecule has 0 N–H and O–H groups in total. The molecule has 0 aliphatic heterocycles. The minimum Gasteiger partial charge on any atom is -0.216 e. The van der Waals surface area contributed by atoms with Gasteiger partial charge in [0.25, 0.3) is 0 Å².